The summed E-state index contributed by atoms with van der Waals surface area (Å²) in [6, 6.07) is 11.1. The summed E-state index contributed by atoms with van der Waals surface area (Å²) in [4.78, 5) is 28.5. The molecule has 6 heteroatoms. The van der Waals surface area contributed by atoms with Gasteiger partial charge in [-0.1, -0.05) is 18.2 Å². The number of benzene rings is 1. The zero-order chi connectivity index (χ0) is 17.3. The highest BCUT2D eigenvalue weighted by molar-refractivity contribution is 6.01. The van der Waals surface area contributed by atoms with Crippen molar-refractivity contribution in [1.29, 1.82) is 0 Å². The van der Waals surface area contributed by atoms with Crippen LogP contribution in [0.3, 0.4) is 0 Å². The van der Waals surface area contributed by atoms with E-state index < -0.39 is 6.04 Å². The van der Waals surface area contributed by atoms with E-state index in [1.807, 2.05) is 50.2 Å². The third-order valence-corrected chi connectivity index (χ3v) is 4.49. The maximum absolute atomic E-state index is 12.7. The molecule has 6 nitrogen and oxygen atoms in total. The Morgan fingerprint density at radius 1 is 1.29 bits per heavy atom. The van der Waals surface area contributed by atoms with Gasteiger partial charge in [-0.25, -0.2) is 0 Å². The van der Waals surface area contributed by atoms with E-state index in [-0.39, 0.29) is 18.4 Å². The van der Waals surface area contributed by atoms with Crippen LogP contribution < -0.4 is 4.90 Å². The molecule has 1 aliphatic heterocycles. The van der Waals surface area contributed by atoms with Gasteiger partial charge in [0.05, 0.1) is 5.69 Å². The third kappa shape index (κ3) is 3.04. The van der Waals surface area contributed by atoms with E-state index in [9.17, 15) is 9.59 Å². The lowest BCUT2D eigenvalue weighted by Crippen LogP contribution is -2.44. The van der Waals surface area contributed by atoms with Crippen molar-refractivity contribution in [1.82, 2.24) is 14.7 Å². The molecule has 2 heterocycles. The van der Waals surface area contributed by atoms with Gasteiger partial charge < -0.3 is 9.80 Å². The van der Waals surface area contributed by atoms with E-state index >= 15 is 0 Å². The van der Waals surface area contributed by atoms with Crippen molar-refractivity contribution in [2.75, 3.05) is 18.5 Å². The summed E-state index contributed by atoms with van der Waals surface area (Å²) in [5.41, 5.74) is 2.71. The number of aryl methyl sites for hydroxylation is 2. The molecular weight excluding hydrogens is 304 g/mol. The van der Waals surface area contributed by atoms with E-state index in [2.05, 4.69) is 5.10 Å². The topological polar surface area (TPSA) is 58.4 Å². The number of hydrogen-bond donors (Lipinski definition) is 0. The Balaban J connectivity index is 1.69. The van der Waals surface area contributed by atoms with Crippen LogP contribution >= 0.6 is 0 Å². The Morgan fingerprint density at radius 2 is 2.00 bits per heavy atom. The number of amides is 2. The van der Waals surface area contributed by atoms with Crippen LogP contribution in [0.4, 0.5) is 5.69 Å². The van der Waals surface area contributed by atoms with E-state index in [0.29, 0.717) is 13.0 Å². The molecule has 0 aliphatic carbocycles. The van der Waals surface area contributed by atoms with Gasteiger partial charge in [-0.05, 0) is 38.5 Å². The SMILES string of the molecule is Cc1cc(C)n(CC(=O)N(C)C2CCN(c3ccccc3)C2=O)n1. The van der Waals surface area contributed by atoms with Gasteiger partial charge in [0.2, 0.25) is 11.8 Å². The van der Waals surface area contributed by atoms with Crippen LogP contribution in [0.2, 0.25) is 0 Å². The molecular formula is C18H22N4O2. The van der Waals surface area contributed by atoms with Crippen molar-refractivity contribution in [3.63, 3.8) is 0 Å². The maximum Gasteiger partial charge on any atom is 0.249 e. The minimum absolute atomic E-state index is 0.0228. The van der Waals surface area contributed by atoms with Crippen LogP contribution in [0, 0.1) is 13.8 Å². The molecule has 1 aromatic heterocycles. The Kier molecular flexibility index (Phi) is 4.38. The van der Waals surface area contributed by atoms with E-state index in [4.69, 9.17) is 0 Å². The number of anilines is 1. The Labute approximate surface area is 141 Å². The van der Waals surface area contributed by atoms with Crippen molar-refractivity contribution >= 4 is 17.5 Å². The van der Waals surface area contributed by atoms with Crippen molar-refractivity contribution in [3.8, 4) is 0 Å². The first-order valence-electron chi connectivity index (χ1n) is 8.10. The first-order valence-corrected chi connectivity index (χ1v) is 8.10. The van der Waals surface area contributed by atoms with Crippen molar-refractivity contribution in [2.24, 2.45) is 0 Å². The lowest BCUT2D eigenvalue weighted by atomic mass is 10.2. The lowest BCUT2D eigenvalue weighted by Gasteiger charge is -2.24. The van der Waals surface area contributed by atoms with Crippen molar-refractivity contribution in [2.45, 2.75) is 32.9 Å². The normalized spacial score (nSPS) is 17.4. The number of para-hydroxylation sites is 1. The number of nitrogens with zero attached hydrogens (tertiary/aromatic N) is 4. The number of hydrogen-bond acceptors (Lipinski definition) is 3. The molecule has 0 saturated carbocycles. The summed E-state index contributed by atoms with van der Waals surface area (Å²) in [6.45, 7) is 4.61. The molecule has 1 aliphatic rings. The van der Waals surface area contributed by atoms with Crippen LogP contribution in [-0.4, -0.2) is 46.1 Å². The maximum atomic E-state index is 12.7. The predicted molar refractivity (Wildman–Crippen MR) is 91.7 cm³/mol. The number of rotatable bonds is 4. The minimum Gasteiger partial charge on any atom is -0.332 e. The van der Waals surface area contributed by atoms with Gasteiger partial charge in [0.15, 0.2) is 0 Å². The average Bonchev–Trinajstić information content (AvgIpc) is 3.09. The number of carbonyl (C=O) groups is 2. The first kappa shape index (κ1) is 16.2. The first-order chi connectivity index (χ1) is 11.5. The second-order valence-corrected chi connectivity index (χ2v) is 6.22. The van der Waals surface area contributed by atoms with Crippen LogP contribution in [0.5, 0.6) is 0 Å². The van der Waals surface area contributed by atoms with Crippen LogP contribution in [0.1, 0.15) is 17.8 Å². The molecule has 2 amide bonds. The standard InChI is InChI=1S/C18H22N4O2/c1-13-11-14(2)22(19-13)12-17(23)20(3)16-9-10-21(18(16)24)15-7-5-4-6-8-15/h4-8,11,16H,9-10,12H2,1-3H3. The van der Waals surface area contributed by atoms with Crippen molar-refractivity contribution in [3.05, 3.63) is 47.8 Å². The zero-order valence-corrected chi connectivity index (χ0v) is 14.3. The minimum atomic E-state index is -0.408. The molecule has 24 heavy (non-hydrogen) atoms. The highest BCUT2D eigenvalue weighted by Crippen LogP contribution is 2.23. The molecule has 126 valence electrons. The van der Waals surface area contributed by atoms with Gasteiger partial charge in [0, 0.05) is 25.0 Å². The average molecular weight is 326 g/mol. The molecule has 0 bridgehead atoms. The highest BCUT2D eigenvalue weighted by atomic mass is 16.2. The highest BCUT2D eigenvalue weighted by Gasteiger charge is 2.37. The second kappa shape index (κ2) is 6.47. The fourth-order valence-corrected chi connectivity index (χ4v) is 3.14. The van der Waals surface area contributed by atoms with Gasteiger partial charge in [-0.3, -0.25) is 14.3 Å². The summed E-state index contributed by atoms with van der Waals surface area (Å²) in [6.07, 6.45) is 0.646. The molecule has 1 atom stereocenters. The van der Waals surface area contributed by atoms with Gasteiger partial charge >= 0.3 is 0 Å². The fourth-order valence-electron chi connectivity index (χ4n) is 3.14. The summed E-state index contributed by atoms with van der Waals surface area (Å²) in [7, 11) is 1.70. The molecule has 1 saturated heterocycles. The largest absolute Gasteiger partial charge is 0.332 e. The summed E-state index contributed by atoms with van der Waals surface area (Å²) < 4.78 is 1.68. The van der Waals surface area contributed by atoms with Gasteiger partial charge in [0.1, 0.15) is 12.6 Å². The van der Waals surface area contributed by atoms with E-state index in [0.717, 1.165) is 17.1 Å². The quantitative estimate of drug-likeness (QED) is 0.860. The smallest absolute Gasteiger partial charge is 0.249 e. The van der Waals surface area contributed by atoms with Gasteiger partial charge in [-0.2, -0.15) is 5.10 Å². The van der Waals surface area contributed by atoms with Gasteiger partial charge in [-0.15, -0.1) is 0 Å². The molecule has 1 aromatic carbocycles. The fraction of sp³-hybridized carbons (Fsp3) is 0.389. The number of likely N-dealkylation sites (N-methyl/N-ethyl adjacent to an activating group) is 1. The second-order valence-electron chi connectivity index (χ2n) is 6.22. The van der Waals surface area contributed by atoms with Gasteiger partial charge in [0.25, 0.3) is 0 Å². The predicted octanol–water partition coefficient (Wildman–Crippen LogP) is 1.76. The Bertz CT molecular complexity index is 754. The molecule has 0 N–H and O–H groups in total. The van der Waals surface area contributed by atoms with Crippen LogP contribution in [0.15, 0.2) is 36.4 Å². The molecule has 0 spiro atoms. The summed E-state index contributed by atoms with van der Waals surface area (Å²) in [5.74, 6) is -0.125. The van der Waals surface area contributed by atoms with Crippen LogP contribution in [0.25, 0.3) is 0 Å². The Morgan fingerprint density at radius 3 is 2.62 bits per heavy atom. The molecule has 2 aromatic rings. The Hall–Kier alpha value is -2.63. The number of aromatic nitrogens is 2. The molecule has 0 radical (unpaired) electrons. The molecule has 1 unspecified atom stereocenters. The van der Waals surface area contributed by atoms with Crippen LogP contribution in [-0.2, 0) is 16.1 Å². The molecule has 3 rings (SSSR count). The lowest BCUT2D eigenvalue weighted by molar-refractivity contribution is -0.137. The molecule has 1 fully saturated rings. The third-order valence-electron chi connectivity index (χ3n) is 4.49. The summed E-state index contributed by atoms with van der Waals surface area (Å²) >= 11 is 0. The number of carbonyl (C=O) groups excluding carboxylic acids is 2. The van der Waals surface area contributed by atoms with E-state index in [1.54, 1.807) is 21.5 Å². The van der Waals surface area contributed by atoms with E-state index in [1.165, 1.54) is 0 Å². The monoisotopic (exact) mass is 326 g/mol. The van der Waals surface area contributed by atoms with Crippen molar-refractivity contribution < 1.29 is 9.59 Å². The zero-order valence-electron chi connectivity index (χ0n) is 14.3. The summed E-state index contributed by atoms with van der Waals surface area (Å²) in [5, 5.41) is 4.31.